The van der Waals surface area contributed by atoms with Gasteiger partial charge in [-0.1, -0.05) is 0 Å². The van der Waals surface area contributed by atoms with Gasteiger partial charge in [0.2, 0.25) is 10.0 Å². The Balaban J connectivity index is 2.28. The molecule has 0 saturated carbocycles. The molecule has 0 spiro atoms. The summed E-state index contributed by atoms with van der Waals surface area (Å²) in [4.78, 5) is 0.120. The number of nitrogens with zero attached hydrogens (tertiary/aromatic N) is 1. The van der Waals surface area contributed by atoms with Crippen LogP contribution in [0.5, 0.6) is 0 Å². The summed E-state index contributed by atoms with van der Waals surface area (Å²) in [6.07, 6.45) is 0.658. The van der Waals surface area contributed by atoms with Crippen LogP contribution in [0.1, 0.15) is 12.2 Å². The molecule has 1 aromatic rings. The summed E-state index contributed by atoms with van der Waals surface area (Å²) in [5.41, 5.74) is 0. The van der Waals surface area contributed by atoms with Gasteiger partial charge in [-0.05, 0) is 22.4 Å². The lowest BCUT2D eigenvalue weighted by atomic mass is 10.3. The molecular weight excluding hydrogens is 346 g/mol. The van der Waals surface area contributed by atoms with Crippen LogP contribution in [-0.4, -0.2) is 39.0 Å². The van der Waals surface area contributed by atoms with E-state index in [2.05, 4.69) is 15.9 Å². The first kappa shape index (κ1) is 14.3. The van der Waals surface area contributed by atoms with Gasteiger partial charge in [-0.15, -0.1) is 11.6 Å². The second kappa shape index (κ2) is 5.50. The summed E-state index contributed by atoms with van der Waals surface area (Å²) in [6, 6.07) is 1.45. The van der Waals surface area contributed by atoms with Gasteiger partial charge in [-0.2, -0.15) is 4.31 Å². The van der Waals surface area contributed by atoms with Crippen LogP contribution < -0.4 is 0 Å². The van der Waals surface area contributed by atoms with Gasteiger partial charge < -0.3 is 9.15 Å². The van der Waals surface area contributed by atoms with E-state index in [0.29, 0.717) is 25.3 Å². The predicted octanol–water partition coefficient (Wildman–Crippen LogP) is 2.19. The molecular formula is C10H13BrClNO4S. The van der Waals surface area contributed by atoms with Crippen LogP contribution in [0.4, 0.5) is 0 Å². The number of ether oxygens (including phenoxy) is 1. The van der Waals surface area contributed by atoms with Gasteiger partial charge in [0.1, 0.15) is 10.7 Å². The van der Waals surface area contributed by atoms with E-state index in [-0.39, 0.29) is 21.5 Å². The molecule has 8 heteroatoms. The zero-order valence-electron chi connectivity index (χ0n) is 9.73. The van der Waals surface area contributed by atoms with Gasteiger partial charge in [0.05, 0.1) is 12.0 Å². The first-order chi connectivity index (χ1) is 8.48. The van der Waals surface area contributed by atoms with E-state index in [9.17, 15) is 8.42 Å². The molecule has 1 unspecified atom stereocenters. The van der Waals surface area contributed by atoms with E-state index in [0.717, 1.165) is 0 Å². The summed E-state index contributed by atoms with van der Waals surface area (Å²) < 4.78 is 36.7. The molecule has 1 aromatic heterocycles. The Morgan fingerprint density at radius 3 is 2.89 bits per heavy atom. The molecule has 0 aromatic carbocycles. The van der Waals surface area contributed by atoms with Crippen molar-refractivity contribution in [3.63, 3.8) is 0 Å². The van der Waals surface area contributed by atoms with Gasteiger partial charge >= 0.3 is 0 Å². The van der Waals surface area contributed by atoms with E-state index in [4.69, 9.17) is 20.8 Å². The Bertz CT molecular complexity index is 530. The molecule has 1 aliphatic rings. The largest absolute Gasteiger partial charge is 0.452 e. The molecule has 0 N–H and O–H groups in total. The predicted molar refractivity (Wildman–Crippen MR) is 70.1 cm³/mol. The topological polar surface area (TPSA) is 59.8 Å². The molecule has 1 fully saturated rings. The van der Waals surface area contributed by atoms with Crippen LogP contribution in [0.25, 0.3) is 0 Å². The molecule has 18 heavy (non-hydrogen) atoms. The number of sulfonamides is 1. The third-order valence-corrected chi connectivity index (χ3v) is 5.88. The lowest BCUT2D eigenvalue weighted by Crippen LogP contribution is -2.30. The van der Waals surface area contributed by atoms with Gasteiger partial charge in [-0.3, -0.25) is 0 Å². The maximum absolute atomic E-state index is 12.4. The Morgan fingerprint density at radius 1 is 1.67 bits per heavy atom. The van der Waals surface area contributed by atoms with Crippen molar-refractivity contribution >= 4 is 37.6 Å². The number of furan rings is 1. The standard InChI is InChI=1S/C10H13BrClNO4S/c1-16-7-2-3-13(6-7)18(14,15)9-4-8(5-12)17-10(9)11/h4,7H,2-3,5-6H2,1H3. The fourth-order valence-electron chi connectivity index (χ4n) is 1.89. The highest BCUT2D eigenvalue weighted by molar-refractivity contribution is 9.10. The molecule has 1 aliphatic heterocycles. The van der Waals surface area contributed by atoms with Gasteiger partial charge in [0.25, 0.3) is 0 Å². The average Bonchev–Trinajstić information content (AvgIpc) is 2.95. The minimum Gasteiger partial charge on any atom is -0.452 e. The lowest BCUT2D eigenvalue weighted by Gasteiger charge is -2.15. The van der Waals surface area contributed by atoms with Crippen LogP contribution in [-0.2, 0) is 20.6 Å². The molecule has 5 nitrogen and oxygen atoms in total. The van der Waals surface area contributed by atoms with Crippen LogP contribution >= 0.6 is 27.5 Å². The molecule has 2 rings (SSSR count). The van der Waals surface area contributed by atoms with E-state index in [1.165, 1.54) is 10.4 Å². The minimum absolute atomic E-state index is 0.0436. The fourth-order valence-corrected chi connectivity index (χ4v) is 4.47. The van der Waals surface area contributed by atoms with Gasteiger partial charge in [0.15, 0.2) is 4.67 Å². The van der Waals surface area contributed by atoms with E-state index in [1.54, 1.807) is 7.11 Å². The number of hydrogen-bond acceptors (Lipinski definition) is 4. The average molecular weight is 359 g/mol. The molecule has 0 amide bonds. The highest BCUT2D eigenvalue weighted by Crippen LogP contribution is 2.31. The normalized spacial score (nSPS) is 21.6. The second-order valence-electron chi connectivity index (χ2n) is 3.99. The Kier molecular flexibility index (Phi) is 4.38. The van der Waals surface area contributed by atoms with Crippen molar-refractivity contribution in [1.29, 1.82) is 0 Å². The Labute approximate surface area is 119 Å². The fraction of sp³-hybridized carbons (Fsp3) is 0.600. The van der Waals surface area contributed by atoms with Gasteiger partial charge in [0, 0.05) is 26.3 Å². The Morgan fingerprint density at radius 2 is 2.39 bits per heavy atom. The van der Waals surface area contributed by atoms with Crippen LogP contribution in [0.15, 0.2) is 20.0 Å². The van der Waals surface area contributed by atoms with Gasteiger partial charge in [-0.25, -0.2) is 8.42 Å². The maximum atomic E-state index is 12.4. The van der Waals surface area contributed by atoms with Crippen LogP contribution in [0.3, 0.4) is 0 Å². The van der Waals surface area contributed by atoms with E-state index in [1.807, 2.05) is 0 Å². The Hall–Kier alpha value is -0.0800. The zero-order chi connectivity index (χ0) is 13.3. The molecule has 0 aliphatic carbocycles. The molecule has 1 atom stereocenters. The maximum Gasteiger partial charge on any atom is 0.247 e. The smallest absolute Gasteiger partial charge is 0.247 e. The highest BCUT2D eigenvalue weighted by atomic mass is 79.9. The van der Waals surface area contributed by atoms with Crippen molar-refractivity contribution in [3.05, 3.63) is 16.5 Å². The third kappa shape index (κ3) is 2.60. The monoisotopic (exact) mass is 357 g/mol. The number of alkyl halides is 1. The first-order valence-electron chi connectivity index (χ1n) is 5.36. The van der Waals surface area contributed by atoms with Crippen molar-refractivity contribution < 1.29 is 17.6 Å². The summed E-state index contributed by atoms with van der Waals surface area (Å²) in [7, 11) is -1.96. The number of methoxy groups -OCH3 is 1. The molecule has 102 valence electrons. The quantitative estimate of drug-likeness (QED) is 0.774. The SMILES string of the molecule is COC1CCN(S(=O)(=O)c2cc(CCl)oc2Br)C1. The van der Waals surface area contributed by atoms with Crippen molar-refractivity contribution in [2.45, 2.75) is 23.3 Å². The zero-order valence-corrected chi connectivity index (χ0v) is 12.9. The van der Waals surface area contributed by atoms with E-state index >= 15 is 0 Å². The van der Waals surface area contributed by atoms with E-state index < -0.39 is 10.0 Å². The second-order valence-corrected chi connectivity index (χ2v) is 6.89. The summed E-state index contributed by atoms with van der Waals surface area (Å²) in [5, 5.41) is 0. The summed E-state index contributed by atoms with van der Waals surface area (Å²) in [5.74, 6) is 0.555. The van der Waals surface area contributed by atoms with Crippen molar-refractivity contribution in [3.8, 4) is 0 Å². The molecule has 1 saturated heterocycles. The van der Waals surface area contributed by atoms with Crippen LogP contribution in [0, 0.1) is 0 Å². The number of hydrogen-bond donors (Lipinski definition) is 0. The van der Waals surface area contributed by atoms with Crippen molar-refractivity contribution in [2.24, 2.45) is 0 Å². The molecule has 2 heterocycles. The highest BCUT2D eigenvalue weighted by Gasteiger charge is 2.35. The molecule has 0 radical (unpaired) electrons. The molecule has 0 bridgehead atoms. The summed E-state index contributed by atoms with van der Waals surface area (Å²) >= 11 is 8.74. The summed E-state index contributed by atoms with van der Waals surface area (Å²) in [6.45, 7) is 0.821. The van der Waals surface area contributed by atoms with Crippen LogP contribution in [0.2, 0.25) is 0 Å². The number of halogens is 2. The minimum atomic E-state index is -3.55. The van der Waals surface area contributed by atoms with Crippen molar-refractivity contribution in [2.75, 3.05) is 20.2 Å². The lowest BCUT2D eigenvalue weighted by molar-refractivity contribution is 0.115. The first-order valence-corrected chi connectivity index (χ1v) is 8.13. The van der Waals surface area contributed by atoms with Crippen molar-refractivity contribution in [1.82, 2.24) is 4.31 Å². The third-order valence-electron chi connectivity index (χ3n) is 2.90. The number of rotatable bonds is 4.